The van der Waals surface area contributed by atoms with Gasteiger partial charge in [0, 0.05) is 32.0 Å². The molecule has 202 valence electrons. The van der Waals surface area contributed by atoms with Gasteiger partial charge in [0.15, 0.2) is 0 Å². The molecule has 0 aromatic heterocycles. The van der Waals surface area contributed by atoms with Gasteiger partial charge in [-0.1, -0.05) is 46.3 Å². The standard InChI is InChI=1S/C32H51NO3/c1-20-15-21(2)19-33(18-20)14-11-29(35)36-25-9-12-31(5)24(17-25)7-8-26-27(31)10-13-32(6)28(26)16-22(3)30(32)23(4)34/h7,20-22,25-28,30H,8-19H2,1-6H3/t20-,21-,22+,25-,26-,27+,28+,30-,31-,32-/m0/s1. The number of carbonyl (C=O) groups excluding carboxylic acids is 2. The van der Waals surface area contributed by atoms with Crippen molar-refractivity contribution in [3.05, 3.63) is 11.6 Å². The van der Waals surface area contributed by atoms with Crippen molar-refractivity contribution in [1.29, 1.82) is 0 Å². The van der Waals surface area contributed by atoms with E-state index in [0.717, 1.165) is 57.2 Å². The number of hydrogen-bond acceptors (Lipinski definition) is 4. The van der Waals surface area contributed by atoms with Gasteiger partial charge in [-0.05, 0) is 98.2 Å². The number of rotatable bonds is 5. The lowest BCUT2D eigenvalue weighted by Gasteiger charge is -2.58. The molecule has 0 amide bonds. The third-order valence-electron chi connectivity index (χ3n) is 11.7. The Morgan fingerprint density at radius 3 is 2.44 bits per heavy atom. The van der Waals surface area contributed by atoms with Crippen LogP contribution in [0.5, 0.6) is 0 Å². The first-order valence-electron chi connectivity index (χ1n) is 15.1. The molecule has 4 fully saturated rings. The van der Waals surface area contributed by atoms with Crippen LogP contribution >= 0.6 is 0 Å². The van der Waals surface area contributed by atoms with Crippen molar-refractivity contribution in [2.24, 2.45) is 52.3 Å². The number of fused-ring (bicyclic) bond motifs is 5. The molecule has 36 heavy (non-hydrogen) atoms. The van der Waals surface area contributed by atoms with Crippen LogP contribution in [0.25, 0.3) is 0 Å². The van der Waals surface area contributed by atoms with Crippen LogP contribution in [0.1, 0.15) is 99.3 Å². The van der Waals surface area contributed by atoms with E-state index in [9.17, 15) is 9.59 Å². The van der Waals surface area contributed by atoms with Crippen LogP contribution in [0.4, 0.5) is 0 Å². The summed E-state index contributed by atoms with van der Waals surface area (Å²) in [6.07, 6.45) is 12.3. The Balaban J connectivity index is 1.20. The number of allylic oxidation sites excluding steroid dienone is 1. The third kappa shape index (κ3) is 4.63. The van der Waals surface area contributed by atoms with Crippen LogP contribution in [-0.2, 0) is 14.3 Å². The molecule has 1 aliphatic heterocycles. The minimum absolute atomic E-state index is 0.00702. The van der Waals surface area contributed by atoms with Gasteiger partial charge >= 0.3 is 5.97 Å². The molecule has 0 spiro atoms. The molecule has 0 aromatic rings. The molecule has 3 saturated carbocycles. The van der Waals surface area contributed by atoms with Crippen LogP contribution in [0.2, 0.25) is 0 Å². The first-order chi connectivity index (χ1) is 17.0. The van der Waals surface area contributed by atoms with Crippen LogP contribution < -0.4 is 0 Å². The van der Waals surface area contributed by atoms with Gasteiger partial charge < -0.3 is 9.64 Å². The molecule has 10 atom stereocenters. The highest BCUT2D eigenvalue weighted by molar-refractivity contribution is 5.80. The summed E-state index contributed by atoms with van der Waals surface area (Å²) in [5, 5.41) is 0. The SMILES string of the molecule is CC(=O)[C@@H]1[C@H](C)C[C@@H]2[C@H]3CC=C4C[C@@H](OC(=O)CCN5C[C@@H](C)C[C@H](C)C5)CC[C@]4(C)[C@@H]3CC[C@@]21C. The molecule has 0 N–H and O–H groups in total. The minimum atomic E-state index is -0.00702. The van der Waals surface area contributed by atoms with E-state index in [1.807, 2.05) is 6.92 Å². The summed E-state index contributed by atoms with van der Waals surface area (Å²) in [6.45, 7) is 16.8. The summed E-state index contributed by atoms with van der Waals surface area (Å²) in [5.74, 6) is 4.71. The highest BCUT2D eigenvalue weighted by Gasteiger charge is 2.61. The quantitative estimate of drug-likeness (QED) is 0.314. The van der Waals surface area contributed by atoms with E-state index < -0.39 is 0 Å². The zero-order valence-electron chi connectivity index (χ0n) is 23.9. The van der Waals surface area contributed by atoms with Crippen LogP contribution in [0.3, 0.4) is 0 Å². The second kappa shape index (κ2) is 9.86. The number of piperidine rings is 1. The fourth-order valence-corrected chi connectivity index (χ4v) is 10.4. The molecule has 1 saturated heterocycles. The van der Waals surface area contributed by atoms with Crippen molar-refractivity contribution in [2.45, 2.75) is 105 Å². The molecule has 4 heteroatoms. The maximum absolute atomic E-state index is 12.8. The van der Waals surface area contributed by atoms with Gasteiger partial charge in [0.05, 0.1) is 6.42 Å². The maximum Gasteiger partial charge on any atom is 0.307 e. The smallest absolute Gasteiger partial charge is 0.307 e. The van der Waals surface area contributed by atoms with Crippen LogP contribution in [0, 0.1) is 52.3 Å². The largest absolute Gasteiger partial charge is 0.462 e. The van der Waals surface area contributed by atoms with E-state index in [2.05, 4.69) is 45.6 Å². The molecule has 5 aliphatic rings. The fourth-order valence-electron chi connectivity index (χ4n) is 10.4. The predicted octanol–water partition coefficient (Wildman–Crippen LogP) is 6.68. The van der Waals surface area contributed by atoms with E-state index >= 15 is 0 Å². The summed E-state index contributed by atoms with van der Waals surface area (Å²) >= 11 is 0. The summed E-state index contributed by atoms with van der Waals surface area (Å²) in [4.78, 5) is 27.8. The van der Waals surface area contributed by atoms with Gasteiger partial charge in [-0.2, -0.15) is 0 Å². The molecule has 0 aromatic carbocycles. The zero-order valence-corrected chi connectivity index (χ0v) is 23.9. The van der Waals surface area contributed by atoms with E-state index in [1.165, 1.54) is 25.7 Å². The molecule has 4 aliphatic carbocycles. The highest BCUT2D eigenvalue weighted by Crippen LogP contribution is 2.67. The van der Waals surface area contributed by atoms with Crippen molar-refractivity contribution in [2.75, 3.05) is 19.6 Å². The molecular formula is C32H51NO3. The summed E-state index contributed by atoms with van der Waals surface area (Å²) in [6, 6.07) is 0. The second-order valence-electron chi connectivity index (χ2n) is 14.4. The molecular weight excluding hydrogens is 446 g/mol. The summed E-state index contributed by atoms with van der Waals surface area (Å²) in [5.41, 5.74) is 1.99. The lowest BCUT2D eigenvalue weighted by atomic mass is 9.47. The van der Waals surface area contributed by atoms with Crippen molar-refractivity contribution in [3.63, 3.8) is 0 Å². The molecule has 0 bridgehead atoms. The number of esters is 1. The van der Waals surface area contributed by atoms with Crippen LogP contribution in [0.15, 0.2) is 11.6 Å². The van der Waals surface area contributed by atoms with E-state index in [1.54, 1.807) is 5.57 Å². The maximum atomic E-state index is 12.8. The average Bonchev–Trinajstić information content (AvgIpc) is 3.07. The van der Waals surface area contributed by atoms with E-state index in [-0.39, 0.29) is 28.8 Å². The van der Waals surface area contributed by atoms with E-state index in [4.69, 9.17) is 4.74 Å². The second-order valence-corrected chi connectivity index (χ2v) is 14.4. The van der Waals surface area contributed by atoms with E-state index in [0.29, 0.717) is 35.9 Å². The molecule has 4 nitrogen and oxygen atoms in total. The number of likely N-dealkylation sites (tertiary alicyclic amines) is 1. The normalized spacial score (nSPS) is 46.8. The molecule has 1 heterocycles. The lowest BCUT2D eigenvalue weighted by molar-refractivity contribution is -0.152. The van der Waals surface area contributed by atoms with Crippen molar-refractivity contribution < 1.29 is 14.3 Å². The lowest BCUT2D eigenvalue weighted by Crippen LogP contribution is -2.51. The Labute approximate surface area is 220 Å². The molecule has 0 unspecified atom stereocenters. The summed E-state index contributed by atoms with van der Waals surface area (Å²) in [7, 11) is 0. The minimum Gasteiger partial charge on any atom is -0.462 e. The van der Waals surface area contributed by atoms with Crippen LogP contribution in [-0.4, -0.2) is 42.4 Å². The average molecular weight is 498 g/mol. The third-order valence-corrected chi connectivity index (χ3v) is 11.7. The Kier molecular flexibility index (Phi) is 7.24. The van der Waals surface area contributed by atoms with Gasteiger partial charge in [-0.15, -0.1) is 0 Å². The Hall–Kier alpha value is -1.16. The zero-order chi connectivity index (χ0) is 25.8. The number of hydrogen-bond donors (Lipinski definition) is 0. The molecule has 0 radical (unpaired) electrons. The number of ketones is 1. The number of carbonyl (C=O) groups is 2. The fraction of sp³-hybridized carbons (Fsp3) is 0.875. The van der Waals surface area contributed by atoms with Gasteiger partial charge in [-0.3, -0.25) is 9.59 Å². The first kappa shape index (κ1) is 26.4. The Morgan fingerprint density at radius 1 is 1.03 bits per heavy atom. The van der Waals surface area contributed by atoms with Gasteiger partial charge in [0.25, 0.3) is 0 Å². The van der Waals surface area contributed by atoms with Gasteiger partial charge in [0.2, 0.25) is 0 Å². The topological polar surface area (TPSA) is 46.6 Å². The number of Topliss-reactive ketones (excluding diaryl/α,β-unsaturated/α-hetero) is 1. The highest BCUT2D eigenvalue weighted by atomic mass is 16.5. The number of nitrogens with zero attached hydrogens (tertiary/aromatic N) is 1. The van der Waals surface area contributed by atoms with Gasteiger partial charge in [-0.25, -0.2) is 0 Å². The summed E-state index contributed by atoms with van der Waals surface area (Å²) < 4.78 is 6.06. The van der Waals surface area contributed by atoms with Gasteiger partial charge in [0.1, 0.15) is 11.9 Å². The number of ether oxygens (including phenoxy) is 1. The van der Waals surface area contributed by atoms with Crippen molar-refractivity contribution in [3.8, 4) is 0 Å². The first-order valence-corrected chi connectivity index (χ1v) is 15.1. The monoisotopic (exact) mass is 497 g/mol. The Bertz CT molecular complexity index is 886. The molecule has 5 rings (SSSR count). The van der Waals surface area contributed by atoms with Crippen molar-refractivity contribution in [1.82, 2.24) is 4.90 Å². The van der Waals surface area contributed by atoms with Crippen molar-refractivity contribution >= 4 is 11.8 Å². The predicted molar refractivity (Wildman–Crippen MR) is 144 cm³/mol. The Morgan fingerprint density at radius 2 is 1.75 bits per heavy atom.